The Bertz CT molecular complexity index is 685. The largest absolute Gasteiger partial charge is 0.339 e. The Labute approximate surface area is 150 Å². The Morgan fingerprint density at radius 3 is 2.40 bits per heavy atom. The maximum atomic E-state index is 12.6. The smallest absolute Gasteiger partial charge is 0.236 e. The van der Waals surface area contributed by atoms with Crippen molar-refractivity contribution in [3.8, 4) is 0 Å². The van der Waals surface area contributed by atoms with E-state index in [0.29, 0.717) is 38.8 Å². The molecule has 25 heavy (non-hydrogen) atoms. The van der Waals surface area contributed by atoms with Crippen LogP contribution in [0.25, 0.3) is 0 Å². The first-order valence-electron chi connectivity index (χ1n) is 8.94. The number of sulfonamides is 1. The standard InChI is InChI=1S/C18H27N3O3S/c1-25(23,24)21-12-10-19(11-13-21)18(22)15-20-9-5-8-17(20)14-16-6-3-2-4-7-16/h2-4,6-7,17H,5,8-15H2,1H3/t17-/m1/s1. The van der Waals surface area contributed by atoms with E-state index in [1.165, 1.54) is 16.1 Å². The number of rotatable bonds is 5. The first kappa shape index (κ1) is 18.4. The predicted octanol–water partition coefficient (Wildman–Crippen LogP) is 0.797. The number of benzene rings is 1. The van der Waals surface area contributed by atoms with Crippen molar-refractivity contribution in [2.24, 2.45) is 0 Å². The van der Waals surface area contributed by atoms with E-state index in [2.05, 4.69) is 29.2 Å². The fraction of sp³-hybridized carbons (Fsp3) is 0.611. The van der Waals surface area contributed by atoms with Crippen LogP contribution in [0.5, 0.6) is 0 Å². The lowest BCUT2D eigenvalue weighted by molar-refractivity contribution is -0.133. The number of likely N-dealkylation sites (tertiary alicyclic amines) is 1. The van der Waals surface area contributed by atoms with Crippen LogP contribution in [0.2, 0.25) is 0 Å². The summed E-state index contributed by atoms with van der Waals surface area (Å²) >= 11 is 0. The molecule has 2 aliphatic heterocycles. The van der Waals surface area contributed by atoms with E-state index in [1.54, 1.807) is 4.90 Å². The molecule has 0 radical (unpaired) electrons. The Kier molecular flexibility index (Phi) is 5.76. The molecule has 0 bridgehead atoms. The predicted molar refractivity (Wildman–Crippen MR) is 97.7 cm³/mol. The summed E-state index contributed by atoms with van der Waals surface area (Å²) in [6.07, 6.45) is 4.47. The molecule has 1 aromatic rings. The van der Waals surface area contributed by atoms with Gasteiger partial charge < -0.3 is 4.90 Å². The highest BCUT2D eigenvalue weighted by Gasteiger charge is 2.30. The third kappa shape index (κ3) is 4.80. The molecule has 2 fully saturated rings. The fourth-order valence-electron chi connectivity index (χ4n) is 3.76. The molecule has 2 heterocycles. The van der Waals surface area contributed by atoms with Crippen molar-refractivity contribution in [1.82, 2.24) is 14.1 Å². The second kappa shape index (κ2) is 7.85. The number of hydrogen-bond donors (Lipinski definition) is 0. The van der Waals surface area contributed by atoms with Crippen molar-refractivity contribution in [3.05, 3.63) is 35.9 Å². The average molecular weight is 365 g/mol. The third-order valence-corrected chi connectivity index (χ3v) is 6.52. The summed E-state index contributed by atoms with van der Waals surface area (Å²) in [4.78, 5) is 16.7. The van der Waals surface area contributed by atoms with Crippen LogP contribution in [0.15, 0.2) is 30.3 Å². The molecule has 2 aliphatic rings. The normalized spacial score (nSPS) is 23.1. The maximum absolute atomic E-state index is 12.6. The number of hydrogen-bond acceptors (Lipinski definition) is 4. The second-order valence-electron chi connectivity index (χ2n) is 7.00. The highest BCUT2D eigenvalue weighted by atomic mass is 32.2. The SMILES string of the molecule is CS(=O)(=O)N1CCN(C(=O)CN2CCC[C@@H]2Cc2ccccc2)CC1. The van der Waals surface area contributed by atoms with Gasteiger partial charge >= 0.3 is 0 Å². The van der Waals surface area contributed by atoms with E-state index in [0.717, 1.165) is 25.8 Å². The number of piperazine rings is 1. The van der Waals surface area contributed by atoms with E-state index in [9.17, 15) is 13.2 Å². The van der Waals surface area contributed by atoms with E-state index < -0.39 is 10.0 Å². The van der Waals surface area contributed by atoms with E-state index in [4.69, 9.17) is 0 Å². The Balaban J connectivity index is 1.52. The second-order valence-corrected chi connectivity index (χ2v) is 8.98. The number of carbonyl (C=O) groups is 1. The quantitative estimate of drug-likeness (QED) is 0.774. The van der Waals surface area contributed by atoms with Gasteiger partial charge in [0.05, 0.1) is 12.8 Å². The first-order valence-corrected chi connectivity index (χ1v) is 10.8. The third-order valence-electron chi connectivity index (χ3n) is 5.21. The molecule has 0 N–H and O–H groups in total. The summed E-state index contributed by atoms with van der Waals surface area (Å²) in [6, 6.07) is 10.8. The van der Waals surface area contributed by atoms with Crippen molar-refractivity contribution >= 4 is 15.9 Å². The van der Waals surface area contributed by atoms with Crippen LogP contribution in [-0.2, 0) is 21.2 Å². The van der Waals surface area contributed by atoms with E-state index >= 15 is 0 Å². The molecular formula is C18H27N3O3S. The number of carbonyl (C=O) groups excluding carboxylic acids is 1. The van der Waals surface area contributed by atoms with Crippen LogP contribution in [0.3, 0.4) is 0 Å². The summed E-state index contributed by atoms with van der Waals surface area (Å²) in [5, 5.41) is 0. The van der Waals surface area contributed by atoms with Gasteiger partial charge in [-0.15, -0.1) is 0 Å². The molecule has 0 aliphatic carbocycles. The maximum Gasteiger partial charge on any atom is 0.236 e. The van der Waals surface area contributed by atoms with Gasteiger partial charge in [-0.1, -0.05) is 30.3 Å². The van der Waals surface area contributed by atoms with Crippen LogP contribution in [0.4, 0.5) is 0 Å². The fourth-order valence-corrected chi connectivity index (χ4v) is 4.59. The minimum absolute atomic E-state index is 0.119. The lowest BCUT2D eigenvalue weighted by Gasteiger charge is -2.35. The Morgan fingerprint density at radius 1 is 1.08 bits per heavy atom. The highest BCUT2D eigenvalue weighted by molar-refractivity contribution is 7.88. The van der Waals surface area contributed by atoms with Crippen molar-refractivity contribution in [2.75, 3.05) is 45.5 Å². The van der Waals surface area contributed by atoms with Crippen molar-refractivity contribution in [3.63, 3.8) is 0 Å². The van der Waals surface area contributed by atoms with Crippen molar-refractivity contribution in [1.29, 1.82) is 0 Å². The van der Waals surface area contributed by atoms with Gasteiger partial charge in [-0.25, -0.2) is 8.42 Å². The van der Waals surface area contributed by atoms with Gasteiger partial charge in [0.2, 0.25) is 15.9 Å². The van der Waals surface area contributed by atoms with E-state index in [1.807, 2.05) is 6.07 Å². The van der Waals surface area contributed by atoms with Crippen molar-refractivity contribution in [2.45, 2.75) is 25.3 Å². The molecule has 6 nitrogen and oxygen atoms in total. The molecule has 0 aromatic heterocycles. The minimum Gasteiger partial charge on any atom is -0.339 e. The van der Waals surface area contributed by atoms with Gasteiger partial charge in [-0.3, -0.25) is 9.69 Å². The number of amides is 1. The van der Waals surface area contributed by atoms with Crippen LogP contribution < -0.4 is 0 Å². The highest BCUT2D eigenvalue weighted by Crippen LogP contribution is 2.21. The molecule has 2 saturated heterocycles. The van der Waals surface area contributed by atoms with Gasteiger partial charge in [0.1, 0.15) is 0 Å². The van der Waals surface area contributed by atoms with Gasteiger partial charge in [0.25, 0.3) is 0 Å². The summed E-state index contributed by atoms with van der Waals surface area (Å²) < 4.78 is 24.6. The molecule has 1 amide bonds. The topological polar surface area (TPSA) is 60.9 Å². The summed E-state index contributed by atoms with van der Waals surface area (Å²) in [7, 11) is -3.16. The van der Waals surface area contributed by atoms with Crippen LogP contribution in [0.1, 0.15) is 18.4 Å². The summed E-state index contributed by atoms with van der Waals surface area (Å²) in [5.41, 5.74) is 1.31. The van der Waals surface area contributed by atoms with Crippen LogP contribution in [-0.4, -0.2) is 80.0 Å². The zero-order chi connectivity index (χ0) is 17.9. The molecule has 3 rings (SSSR count). The van der Waals surface area contributed by atoms with Gasteiger partial charge in [0.15, 0.2) is 0 Å². The van der Waals surface area contributed by atoms with Gasteiger partial charge in [-0.2, -0.15) is 4.31 Å². The summed E-state index contributed by atoms with van der Waals surface area (Å²) in [6.45, 7) is 3.19. The van der Waals surface area contributed by atoms with Crippen molar-refractivity contribution < 1.29 is 13.2 Å². The molecule has 0 saturated carbocycles. The molecule has 0 spiro atoms. The van der Waals surface area contributed by atoms with Gasteiger partial charge in [0, 0.05) is 32.2 Å². The first-order chi connectivity index (χ1) is 11.9. The molecule has 7 heteroatoms. The monoisotopic (exact) mass is 365 g/mol. The molecular weight excluding hydrogens is 338 g/mol. The van der Waals surface area contributed by atoms with E-state index in [-0.39, 0.29) is 5.91 Å². The minimum atomic E-state index is -3.16. The van der Waals surface area contributed by atoms with Crippen LogP contribution in [0, 0.1) is 0 Å². The zero-order valence-corrected chi connectivity index (χ0v) is 15.6. The van der Waals surface area contributed by atoms with Crippen LogP contribution >= 0.6 is 0 Å². The zero-order valence-electron chi connectivity index (χ0n) is 14.8. The Hall–Kier alpha value is -1.44. The van der Waals surface area contributed by atoms with Gasteiger partial charge in [-0.05, 0) is 31.4 Å². The number of nitrogens with zero attached hydrogens (tertiary/aromatic N) is 3. The molecule has 1 aromatic carbocycles. The lowest BCUT2D eigenvalue weighted by Crippen LogP contribution is -2.52. The molecule has 0 unspecified atom stereocenters. The average Bonchev–Trinajstić information content (AvgIpc) is 3.02. The Morgan fingerprint density at radius 2 is 1.76 bits per heavy atom. The lowest BCUT2D eigenvalue weighted by atomic mass is 10.0. The summed E-state index contributed by atoms with van der Waals surface area (Å²) in [5.74, 6) is 0.119. The molecule has 1 atom stereocenters. The molecule has 138 valence electrons.